The summed E-state index contributed by atoms with van der Waals surface area (Å²) in [6.45, 7) is 3.94. The van der Waals surface area contributed by atoms with E-state index in [4.69, 9.17) is 17.3 Å². The molecule has 1 aromatic rings. The van der Waals surface area contributed by atoms with Crippen LogP contribution in [0.15, 0.2) is 24.3 Å². The van der Waals surface area contributed by atoms with Crippen LogP contribution in [0.25, 0.3) is 0 Å². The lowest BCUT2D eigenvalue weighted by atomic mass is 10.1. The molecular formula is C12H16N2O2S. The number of anilines is 1. The molecule has 0 saturated carbocycles. The molecule has 92 valence electrons. The van der Waals surface area contributed by atoms with Crippen LogP contribution >= 0.6 is 12.2 Å². The predicted octanol–water partition coefficient (Wildman–Crippen LogP) is 2.25. The lowest BCUT2D eigenvalue weighted by Crippen LogP contribution is -2.34. The number of carbonyl (C=O) groups is 1. The highest BCUT2D eigenvalue weighted by molar-refractivity contribution is 7.80. The molecule has 3 N–H and O–H groups in total. The van der Waals surface area contributed by atoms with E-state index < -0.39 is 0 Å². The van der Waals surface area contributed by atoms with E-state index in [1.54, 1.807) is 24.3 Å². The number of phenolic OH excluding ortho intramolecular Hbond substituents is 1. The highest BCUT2D eigenvalue weighted by Gasteiger charge is 2.06. The number of amides is 1. The van der Waals surface area contributed by atoms with Gasteiger partial charge in [-0.25, -0.2) is 0 Å². The van der Waals surface area contributed by atoms with E-state index in [9.17, 15) is 4.79 Å². The van der Waals surface area contributed by atoms with E-state index in [0.29, 0.717) is 12.3 Å². The van der Waals surface area contributed by atoms with Crippen LogP contribution < -0.4 is 10.6 Å². The van der Waals surface area contributed by atoms with E-state index in [1.165, 1.54) is 0 Å². The zero-order chi connectivity index (χ0) is 12.8. The zero-order valence-electron chi connectivity index (χ0n) is 9.86. The van der Waals surface area contributed by atoms with Crippen molar-refractivity contribution in [1.29, 1.82) is 0 Å². The molecule has 0 atom stereocenters. The van der Waals surface area contributed by atoms with Gasteiger partial charge in [0.2, 0.25) is 5.91 Å². The predicted molar refractivity (Wildman–Crippen MR) is 71.9 cm³/mol. The van der Waals surface area contributed by atoms with Crippen molar-refractivity contribution in [3.05, 3.63) is 24.3 Å². The fraction of sp³-hybridized carbons (Fsp3) is 0.333. The summed E-state index contributed by atoms with van der Waals surface area (Å²) < 4.78 is 0. The number of rotatable bonds is 3. The van der Waals surface area contributed by atoms with Crippen LogP contribution in [0.4, 0.5) is 5.69 Å². The van der Waals surface area contributed by atoms with Crippen LogP contribution in [-0.4, -0.2) is 16.1 Å². The average molecular weight is 252 g/mol. The Labute approximate surface area is 106 Å². The van der Waals surface area contributed by atoms with Crippen LogP contribution in [0.3, 0.4) is 0 Å². The maximum atomic E-state index is 11.4. The summed E-state index contributed by atoms with van der Waals surface area (Å²) in [7, 11) is 0. The Morgan fingerprint density at radius 3 is 2.47 bits per heavy atom. The second-order valence-electron chi connectivity index (χ2n) is 4.15. The third-order valence-corrected chi connectivity index (χ3v) is 2.18. The first kappa shape index (κ1) is 13.4. The number of aromatic hydroxyl groups is 1. The van der Waals surface area contributed by atoms with E-state index in [2.05, 4.69) is 10.6 Å². The van der Waals surface area contributed by atoms with Gasteiger partial charge in [0.15, 0.2) is 5.11 Å². The van der Waals surface area contributed by atoms with Crippen molar-refractivity contribution in [2.75, 3.05) is 5.32 Å². The number of carbonyl (C=O) groups excluding carboxylic acids is 1. The van der Waals surface area contributed by atoms with Gasteiger partial charge in [-0.1, -0.05) is 13.8 Å². The minimum atomic E-state index is -0.101. The Morgan fingerprint density at radius 2 is 1.94 bits per heavy atom. The lowest BCUT2D eigenvalue weighted by molar-refractivity contribution is -0.120. The standard InChI is InChI=1S/C12H16N2O2S/c1-8(2)7-11(16)14-12(17)13-9-3-5-10(15)6-4-9/h3-6,8,15H,7H2,1-2H3,(H2,13,14,16,17). The highest BCUT2D eigenvalue weighted by atomic mass is 32.1. The lowest BCUT2D eigenvalue weighted by Gasteiger charge is -2.10. The van der Waals surface area contributed by atoms with Gasteiger partial charge in [0.25, 0.3) is 0 Å². The molecule has 1 rings (SSSR count). The summed E-state index contributed by atoms with van der Waals surface area (Å²) in [5, 5.41) is 14.8. The van der Waals surface area contributed by atoms with Gasteiger partial charge >= 0.3 is 0 Å². The number of benzene rings is 1. The van der Waals surface area contributed by atoms with E-state index in [-0.39, 0.29) is 16.8 Å². The molecule has 0 heterocycles. The third kappa shape index (κ3) is 5.31. The van der Waals surface area contributed by atoms with Crippen LogP contribution in [0, 0.1) is 5.92 Å². The number of nitrogens with one attached hydrogen (secondary N) is 2. The molecule has 0 unspecified atom stereocenters. The number of thiocarbonyl (C=S) groups is 1. The van der Waals surface area contributed by atoms with Crippen LogP contribution in [0.5, 0.6) is 5.75 Å². The monoisotopic (exact) mass is 252 g/mol. The SMILES string of the molecule is CC(C)CC(=O)NC(=S)Nc1ccc(O)cc1. The molecule has 0 aliphatic rings. The van der Waals surface area contributed by atoms with Crippen LogP contribution in [0.1, 0.15) is 20.3 Å². The smallest absolute Gasteiger partial charge is 0.226 e. The summed E-state index contributed by atoms with van der Waals surface area (Å²) in [6.07, 6.45) is 0.442. The van der Waals surface area contributed by atoms with Crippen molar-refractivity contribution < 1.29 is 9.90 Å². The first-order chi connectivity index (χ1) is 7.97. The summed E-state index contributed by atoms with van der Waals surface area (Å²) in [5.74, 6) is 0.382. The number of phenols is 1. The number of hydrogen-bond acceptors (Lipinski definition) is 3. The molecule has 5 heteroatoms. The van der Waals surface area contributed by atoms with Crippen molar-refractivity contribution in [2.24, 2.45) is 5.92 Å². The van der Waals surface area contributed by atoms with Crippen molar-refractivity contribution in [3.8, 4) is 5.75 Å². The molecule has 0 bridgehead atoms. The fourth-order valence-corrected chi connectivity index (χ4v) is 1.49. The quantitative estimate of drug-likeness (QED) is 0.570. The Hall–Kier alpha value is -1.62. The van der Waals surface area contributed by atoms with Crippen molar-refractivity contribution >= 4 is 28.9 Å². The second kappa shape index (κ2) is 6.20. The van der Waals surface area contributed by atoms with Gasteiger partial charge in [-0.2, -0.15) is 0 Å². The van der Waals surface area contributed by atoms with Crippen LogP contribution in [0.2, 0.25) is 0 Å². The van der Waals surface area contributed by atoms with Crippen molar-refractivity contribution in [1.82, 2.24) is 5.32 Å². The first-order valence-electron chi connectivity index (χ1n) is 5.37. The Balaban J connectivity index is 2.44. The van der Waals surface area contributed by atoms with Gasteiger partial charge in [-0.15, -0.1) is 0 Å². The summed E-state index contributed by atoms with van der Waals surface area (Å²) in [4.78, 5) is 11.4. The minimum absolute atomic E-state index is 0.101. The molecule has 0 aliphatic heterocycles. The Bertz CT molecular complexity index is 401. The maximum Gasteiger partial charge on any atom is 0.226 e. The molecule has 0 aliphatic carbocycles. The summed E-state index contributed by atoms with van der Waals surface area (Å²) in [6, 6.07) is 6.44. The summed E-state index contributed by atoms with van der Waals surface area (Å²) >= 11 is 4.99. The van der Waals surface area contributed by atoms with Gasteiger partial charge in [0.05, 0.1) is 0 Å². The Morgan fingerprint density at radius 1 is 1.35 bits per heavy atom. The van der Waals surface area contributed by atoms with E-state index in [1.807, 2.05) is 13.8 Å². The van der Waals surface area contributed by atoms with Crippen molar-refractivity contribution in [3.63, 3.8) is 0 Å². The molecule has 0 spiro atoms. The van der Waals surface area contributed by atoms with E-state index in [0.717, 1.165) is 5.69 Å². The summed E-state index contributed by atoms with van der Waals surface area (Å²) in [5.41, 5.74) is 0.720. The molecule has 1 amide bonds. The zero-order valence-corrected chi connectivity index (χ0v) is 10.7. The topological polar surface area (TPSA) is 61.4 Å². The normalized spacial score (nSPS) is 10.1. The largest absolute Gasteiger partial charge is 0.508 e. The average Bonchev–Trinajstić information content (AvgIpc) is 2.19. The molecule has 0 fully saturated rings. The second-order valence-corrected chi connectivity index (χ2v) is 4.56. The fourth-order valence-electron chi connectivity index (χ4n) is 1.26. The minimum Gasteiger partial charge on any atom is -0.508 e. The molecule has 0 aromatic heterocycles. The van der Waals surface area contributed by atoms with E-state index >= 15 is 0 Å². The maximum absolute atomic E-state index is 11.4. The first-order valence-corrected chi connectivity index (χ1v) is 5.78. The Kier molecular flexibility index (Phi) is 4.90. The third-order valence-electron chi connectivity index (χ3n) is 1.97. The number of hydrogen-bond donors (Lipinski definition) is 3. The van der Waals surface area contributed by atoms with Gasteiger partial charge in [0, 0.05) is 12.1 Å². The van der Waals surface area contributed by atoms with Crippen molar-refractivity contribution in [2.45, 2.75) is 20.3 Å². The molecule has 0 radical (unpaired) electrons. The van der Waals surface area contributed by atoms with Gasteiger partial charge in [-0.3, -0.25) is 4.79 Å². The van der Waals surface area contributed by atoms with Gasteiger partial charge < -0.3 is 15.7 Å². The molecule has 4 nitrogen and oxygen atoms in total. The molecule has 17 heavy (non-hydrogen) atoms. The van der Waals surface area contributed by atoms with Crippen LogP contribution in [-0.2, 0) is 4.79 Å². The molecular weight excluding hydrogens is 236 g/mol. The molecule has 0 saturated heterocycles. The van der Waals surface area contributed by atoms with Gasteiger partial charge in [0.1, 0.15) is 5.75 Å². The molecule has 1 aromatic carbocycles. The van der Waals surface area contributed by atoms with Gasteiger partial charge in [-0.05, 0) is 42.4 Å². The highest BCUT2D eigenvalue weighted by Crippen LogP contribution is 2.13.